The molecule has 0 spiro atoms. The normalized spacial score (nSPS) is 15.1. The molecular formula is C30H27N3O3S. The van der Waals surface area contributed by atoms with Crippen LogP contribution in [0.2, 0.25) is 0 Å². The number of hydrogen-bond acceptors (Lipinski definition) is 5. The highest BCUT2D eigenvalue weighted by Crippen LogP contribution is 2.38. The number of thiophene rings is 1. The zero-order valence-electron chi connectivity index (χ0n) is 20.5. The molecule has 2 aliphatic rings. The van der Waals surface area contributed by atoms with Gasteiger partial charge in [-0.15, -0.1) is 11.3 Å². The molecule has 5 rings (SSSR count). The van der Waals surface area contributed by atoms with Crippen molar-refractivity contribution in [2.45, 2.75) is 19.3 Å². The summed E-state index contributed by atoms with van der Waals surface area (Å²) in [7, 11) is 1.75. The van der Waals surface area contributed by atoms with Gasteiger partial charge in [0, 0.05) is 60.0 Å². The van der Waals surface area contributed by atoms with Gasteiger partial charge in [0.05, 0.1) is 4.88 Å². The monoisotopic (exact) mass is 509 g/mol. The number of carbonyl (C=O) groups excluding carboxylic acids is 3. The molecule has 186 valence electrons. The fraction of sp³-hybridized carbons (Fsp3) is 0.167. The van der Waals surface area contributed by atoms with Gasteiger partial charge in [0.15, 0.2) is 5.78 Å². The smallest absolute Gasteiger partial charge is 0.258 e. The first-order valence-corrected chi connectivity index (χ1v) is 13.0. The van der Waals surface area contributed by atoms with E-state index in [9.17, 15) is 14.4 Å². The molecule has 2 N–H and O–H groups in total. The highest BCUT2D eigenvalue weighted by atomic mass is 32.1. The fourth-order valence-electron chi connectivity index (χ4n) is 4.63. The highest BCUT2D eigenvalue weighted by molar-refractivity contribution is 7.15. The van der Waals surface area contributed by atoms with Crippen molar-refractivity contribution >= 4 is 45.9 Å². The van der Waals surface area contributed by atoms with Crippen molar-refractivity contribution in [3.8, 4) is 0 Å². The number of ketones is 1. The lowest BCUT2D eigenvalue weighted by molar-refractivity contribution is -0.117. The Labute approximate surface area is 220 Å². The Balaban J connectivity index is 1.41. The molecule has 0 radical (unpaired) electrons. The van der Waals surface area contributed by atoms with Crippen LogP contribution in [0.25, 0.3) is 5.57 Å². The number of nitrogens with zero attached hydrogens (tertiary/aromatic N) is 2. The SMILES string of the molecule is CN(C(=O)c1ccccc1)c1ccc2c(c1)C/C(=C\C(=O)c1ccc(C3=CCC=C3)s1)N2CCC(N)=O. The van der Waals surface area contributed by atoms with Gasteiger partial charge in [0.1, 0.15) is 0 Å². The van der Waals surface area contributed by atoms with Gasteiger partial charge in [-0.3, -0.25) is 14.4 Å². The molecule has 0 fully saturated rings. The van der Waals surface area contributed by atoms with Crippen LogP contribution in [0.3, 0.4) is 0 Å². The van der Waals surface area contributed by atoms with Crippen LogP contribution >= 0.6 is 11.3 Å². The second-order valence-corrected chi connectivity index (χ2v) is 10.1. The lowest BCUT2D eigenvalue weighted by Gasteiger charge is -2.22. The van der Waals surface area contributed by atoms with Crippen molar-refractivity contribution in [2.24, 2.45) is 5.73 Å². The molecule has 0 atom stereocenters. The minimum absolute atomic E-state index is 0.0673. The van der Waals surface area contributed by atoms with Crippen LogP contribution in [0, 0.1) is 0 Å². The Morgan fingerprint density at radius 2 is 1.89 bits per heavy atom. The minimum atomic E-state index is -0.398. The van der Waals surface area contributed by atoms with Crippen molar-refractivity contribution in [3.05, 3.63) is 112 Å². The van der Waals surface area contributed by atoms with Gasteiger partial charge < -0.3 is 15.5 Å². The zero-order valence-corrected chi connectivity index (χ0v) is 21.3. The average molecular weight is 510 g/mol. The lowest BCUT2D eigenvalue weighted by Crippen LogP contribution is -2.26. The van der Waals surface area contributed by atoms with Gasteiger partial charge >= 0.3 is 0 Å². The van der Waals surface area contributed by atoms with E-state index >= 15 is 0 Å². The second-order valence-electron chi connectivity index (χ2n) is 9.05. The van der Waals surface area contributed by atoms with Crippen molar-refractivity contribution < 1.29 is 14.4 Å². The van der Waals surface area contributed by atoms with Gasteiger partial charge in [-0.2, -0.15) is 0 Å². The number of nitrogens with two attached hydrogens (primary N) is 1. The summed E-state index contributed by atoms with van der Waals surface area (Å²) in [5.74, 6) is -0.567. The van der Waals surface area contributed by atoms with Crippen molar-refractivity contribution in [2.75, 3.05) is 23.4 Å². The number of anilines is 2. The summed E-state index contributed by atoms with van der Waals surface area (Å²) in [6, 6.07) is 18.8. The van der Waals surface area contributed by atoms with Crippen molar-refractivity contribution in [1.29, 1.82) is 0 Å². The summed E-state index contributed by atoms with van der Waals surface area (Å²) in [6.07, 6.45) is 9.60. The van der Waals surface area contributed by atoms with Gasteiger partial charge in [-0.1, -0.05) is 36.4 Å². The number of carbonyl (C=O) groups is 3. The van der Waals surface area contributed by atoms with E-state index in [1.165, 1.54) is 11.3 Å². The van der Waals surface area contributed by atoms with Gasteiger partial charge in [-0.05, 0) is 60.0 Å². The van der Waals surface area contributed by atoms with Crippen molar-refractivity contribution in [3.63, 3.8) is 0 Å². The Hall–Kier alpha value is -4.23. The Morgan fingerprint density at radius 1 is 1.08 bits per heavy atom. The van der Waals surface area contributed by atoms with E-state index in [4.69, 9.17) is 5.73 Å². The third kappa shape index (κ3) is 5.17. The van der Waals surface area contributed by atoms with E-state index < -0.39 is 5.91 Å². The van der Waals surface area contributed by atoms with Gasteiger partial charge in [0.2, 0.25) is 5.91 Å². The molecule has 0 unspecified atom stereocenters. The topological polar surface area (TPSA) is 83.7 Å². The number of primary amides is 1. The molecule has 1 aromatic heterocycles. The minimum Gasteiger partial charge on any atom is -0.370 e. The van der Waals surface area contributed by atoms with E-state index in [2.05, 4.69) is 18.2 Å². The molecule has 7 heteroatoms. The molecule has 1 aliphatic heterocycles. The molecule has 0 saturated carbocycles. The van der Waals surface area contributed by atoms with Crippen LogP contribution < -0.4 is 15.5 Å². The molecule has 6 nitrogen and oxygen atoms in total. The quantitative estimate of drug-likeness (QED) is 0.327. The molecule has 2 aromatic carbocycles. The number of rotatable bonds is 8. The van der Waals surface area contributed by atoms with E-state index in [-0.39, 0.29) is 18.1 Å². The van der Waals surface area contributed by atoms with E-state index in [1.54, 1.807) is 30.2 Å². The molecule has 0 saturated heterocycles. The Morgan fingerprint density at radius 3 is 2.62 bits per heavy atom. The van der Waals surface area contributed by atoms with Crippen LogP contribution in [0.5, 0.6) is 0 Å². The second kappa shape index (κ2) is 10.4. The summed E-state index contributed by atoms with van der Waals surface area (Å²) in [5, 5.41) is 0. The van der Waals surface area contributed by atoms with Crippen LogP contribution in [0.1, 0.15) is 43.3 Å². The Bertz CT molecular complexity index is 1470. The van der Waals surface area contributed by atoms with Crippen LogP contribution in [0.15, 0.2) is 90.7 Å². The Kier molecular flexibility index (Phi) is 6.88. The maximum absolute atomic E-state index is 13.2. The van der Waals surface area contributed by atoms with Crippen molar-refractivity contribution in [1.82, 2.24) is 0 Å². The van der Waals surface area contributed by atoms with Crippen LogP contribution in [-0.4, -0.2) is 31.2 Å². The maximum atomic E-state index is 13.2. The number of amides is 2. The molecule has 2 heterocycles. The first-order valence-electron chi connectivity index (χ1n) is 12.1. The molecule has 0 bridgehead atoms. The summed E-state index contributed by atoms with van der Waals surface area (Å²) in [5.41, 5.74) is 10.7. The van der Waals surface area contributed by atoms with E-state index in [1.807, 2.05) is 53.4 Å². The number of benzene rings is 2. The molecule has 2 amide bonds. The summed E-state index contributed by atoms with van der Waals surface area (Å²) in [6.45, 7) is 0.382. The lowest BCUT2D eigenvalue weighted by atomic mass is 10.1. The molecule has 1 aliphatic carbocycles. The summed E-state index contributed by atoms with van der Waals surface area (Å²) in [4.78, 5) is 43.1. The fourth-order valence-corrected chi connectivity index (χ4v) is 5.56. The average Bonchev–Trinajstić information content (AvgIpc) is 3.66. The molecular weight excluding hydrogens is 482 g/mol. The number of fused-ring (bicyclic) bond motifs is 1. The van der Waals surface area contributed by atoms with E-state index in [0.29, 0.717) is 23.4 Å². The third-order valence-electron chi connectivity index (χ3n) is 6.57. The zero-order chi connectivity index (χ0) is 25.9. The highest BCUT2D eigenvalue weighted by Gasteiger charge is 2.27. The predicted octanol–water partition coefficient (Wildman–Crippen LogP) is 5.37. The number of hydrogen-bond donors (Lipinski definition) is 1. The summed E-state index contributed by atoms with van der Waals surface area (Å²) < 4.78 is 0. The third-order valence-corrected chi connectivity index (χ3v) is 7.72. The van der Waals surface area contributed by atoms with Crippen LogP contribution in [0.4, 0.5) is 11.4 Å². The first kappa shape index (κ1) is 24.5. The molecule has 3 aromatic rings. The predicted molar refractivity (Wildman–Crippen MR) is 149 cm³/mol. The maximum Gasteiger partial charge on any atom is 0.258 e. The van der Waals surface area contributed by atoms with Gasteiger partial charge in [-0.25, -0.2) is 0 Å². The van der Waals surface area contributed by atoms with Gasteiger partial charge in [0.25, 0.3) is 5.91 Å². The first-order chi connectivity index (χ1) is 17.9. The number of allylic oxidation sites excluding steroid dienone is 6. The van der Waals surface area contributed by atoms with E-state index in [0.717, 1.165) is 39.5 Å². The van der Waals surface area contributed by atoms with Crippen LogP contribution in [-0.2, 0) is 11.2 Å². The standard InChI is InChI=1S/C30H27N3O3S/c1-32(30(36)21-9-3-2-4-10-21)23-11-12-25-22(17-23)18-24(33(25)16-15-29(31)35)19-26(34)28-14-13-27(37-28)20-7-5-6-8-20/h2-5,7-14,17,19H,6,15-16,18H2,1H3,(H2,31,35)/b24-19+. The largest absolute Gasteiger partial charge is 0.370 e. The summed E-state index contributed by atoms with van der Waals surface area (Å²) >= 11 is 1.48. The molecule has 37 heavy (non-hydrogen) atoms.